The molecule has 1 fully saturated rings. The molecule has 0 N–H and O–H groups in total. The van der Waals surface area contributed by atoms with Gasteiger partial charge in [-0.3, -0.25) is 19.0 Å². The van der Waals surface area contributed by atoms with E-state index in [9.17, 15) is 23.6 Å². The molecule has 1 unspecified atom stereocenters. The van der Waals surface area contributed by atoms with E-state index in [1.807, 2.05) is 30.3 Å². The maximum absolute atomic E-state index is 14.6. The molecule has 1 aromatic heterocycles. The molecule has 3 atom stereocenters. The van der Waals surface area contributed by atoms with Crippen LogP contribution in [0.1, 0.15) is 41.1 Å². The number of aromatic nitrogens is 2. The minimum Gasteiger partial charge on any atom is -0.463 e. The Balaban J connectivity index is 1.64. The van der Waals surface area contributed by atoms with Crippen molar-refractivity contribution in [3.63, 3.8) is 0 Å². The van der Waals surface area contributed by atoms with Gasteiger partial charge >= 0.3 is 11.7 Å². The maximum Gasteiger partial charge on any atom is 0.340 e. The highest BCUT2D eigenvalue weighted by Crippen LogP contribution is 2.31. The molecule has 10 heteroatoms. The number of carbonyl (C=O) groups is 2. The summed E-state index contributed by atoms with van der Waals surface area (Å²) in [4.78, 5) is 50.0. The normalized spacial score (nSPS) is 19.2. The van der Waals surface area contributed by atoms with Crippen molar-refractivity contribution < 1.29 is 28.2 Å². The molecule has 2 aromatic carbocycles. The molecule has 188 valence electrons. The van der Waals surface area contributed by atoms with E-state index < -0.39 is 47.4 Å². The number of ether oxygens (including phenoxy) is 3. The van der Waals surface area contributed by atoms with Crippen LogP contribution in [0.25, 0.3) is 0 Å². The fourth-order valence-corrected chi connectivity index (χ4v) is 4.01. The molecule has 3 aromatic rings. The number of nitrogens with zero attached hydrogens (tertiary/aromatic N) is 2. The molecule has 1 saturated heterocycles. The summed E-state index contributed by atoms with van der Waals surface area (Å²) in [7, 11) is 0. The van der Waals surface area contributed by atoms with Crippen LogP contribution in [0.4, 0.5) is 4.39 Å². The number of esters is 1. The summed E-state index contributed by atoms with van der Waals surface area (Å²) in [5.74, 6) is -2.76. The van der Waals surface area contributed by atoms with Crippen molar-refractivity contribution in [1.29, 1.82) is 0 Å². The van der Waals surface area contributed by atoms with Gasteiger partial charge in [0.2, 0.25) is 5.82 Å². The molecule has 0 aliphatic carbocycles. The SMILES string of the molecule is CC(=O)OC[C@@H]1O[C@H](n2cc(F)c(=O)n(C(=O)c3cccc(C)c3)c2=O)CC1OCc1ccccc1. The summed E-state index contributed by atoms with van der Waals surface area (Å²) in [6.45, 7) is 3.07. The maximum atomic E-state index is 14.6. The second-order valence-electron chi connectivity index (χ2n) is 8.48. The Kier molecular flexibility index (Phi) is 7.56. The quantitative estimate of drug-likeness (QED) is 0.463. The Bertz CT molecular complexity index is 1380. The van der Waals surface area contributed by atoms with E-state index in [2.05, 4.69) is 0 Å². The Labute approximate surface area is 205 Å². The number of aryl methyl sites for hydroxylation is 1. The van der Waals surface area contributed by atoms with E-state index in [4.69, 9.17) is 14.2 Å². The van der Waals surface area contributed by atoms with E-state index in [1.165, 1.54) is 19.1 Å². The third-order valence-corrected chi connectivity index (χ3v) is 5.79. The zero-order chi connectivity index (χ0) is 25.8. The zero-order valence-corrected chi connectivity index (χ0v) is 19.8. The van der Waals surface area contributed by atoms with Gasteiger partial charge in [0.1, 0.15) is 18.9 Å². The van der Waals surface area contributed by atoms with Crippen LogP contribution in [0.15, 0.2) is 70.4 Å². The van der Waals surface area contributed by atoms with Gasteiger partial charge in [0.15, 0.2) is 0 Å². The van der Waals surface area contributed by atoms with Crippen molar-refractivity contribution in [1.82, 2.24) is 9.13 Å². The molecule has 1 aliphatic heterocycles. The predicted molar refractivity (Wildman–Crippen MR) is 126 cm³/mol. The molecular formula is C26H25FN2O7. The van der Waals surface area contributed by atoms with Gasteiger partial charge < -0.3 is 14.2 Å². The van der Waals surface area contributed by atoms with Gasteiger partial charge in [-0.1, -0.05) is 48.0 Å². The second kappa shape index (κ2) is 10.8. The van der Waals surface area contributed by atoms with Crippen LogP contribution in [0, 0.1) is 12.7 Å². The molecule has 36 heavy (non-hydrogen) atoms. The Morgan fingerprint density at radius 2 is 1.86 bits per heavy atom. The minimum absolute atomic E-state index is 0.0653. The number of carbonyl (C=O) groups excluding carboxylic acids is 2. The molecule has 0 bridgehead atoms. The van der Waals surface area contributed by atoms with Crippen LogP contribution in [0.2, 0.25) is 0 Å². The van der Waals surface area contributed by atoms with Crippen molar-refractivity contribution in [2.45, 2.75) is 45.3 Å². The smallest absolute Gasteiger partial charge is 0.340 e. The number of hydrogen-bond donors (Lipinski definition) is 0. The average Bonchev–Trinajstić information content (AvgIpc) is 3.27. The molecule has 9 nitrogen and oxygen atoms in total. The highest BCUT2D eigenvalue weighted by molar-refractivity contribution is 5.95. The van der Waals surface area contributed by atoms with E-state index in [0.717, 1.165) is 21.9 Å². The van der Waals surface area contributed by atoms with Crippen molar-refractivity contribution >= 4 is 11.9 Å². The van der Waals surface area contributed by atoms with Crippen LogP contribution in [0.5, 0.6) is 0 Å². The standard InChI is InChI=1S/C26H25FN2O7/c1-16-7-6-10-19(11-16)24(31)29-25(32)20(27)13-28(26(29)33)23-12-21(22(36-23)15-34-17(2)30)35-14-18-8-4-3-5-9-18/h3-11,13,21-23H,12,14-15H2,1-2H3/t21?,22-,23-/m0/s1. The second-order valence-corrected chi connectivity index (χ2v) is 8.48. The number of halogens is 1. The molecule has 2 heterocycles. The Morgan fingerprint density at radius 1 is 1.11 bits per heavy atom. The fourth-order valence-electron chi connectivity index (χ4n) is 4.01. The van der Waals surface area contributed by atoms with Crippen molar-refractivity contribution in [3.05, 3.63) is 104 Å². The topological polar surface area (TPSA) is 106 Å². The Hall–Kier alpha value is -3.89. The summed E-state index contributed by atoms with van der Waals surface area (Å²) >= 11 is 0. The largest absolute Gasteiger partial charge is 0.463 e. The van der Waals surface area contributed by atoms with Crippen molar-refractivity contribution in [2.24, 2.45) is 0 Å². The summed E-state index contributed by atoms with van der Waals surface area (Å²) in [5, 5.41) is 0. The molecular weight excluding hydrogens is 471 g/mol. The van der Waals surface area contributed by atoms with Crippen LogP contribution in [-0.2, 0) is 25.6 Å². The average molecular weight is 496 g/mol. The third-order valence-electron chi connectivity index (χ3n) is 5.79. The monoisotopic (exact) mass is 496 g/mol. The fraction of sp³-hybridized carbons (Fsp3) is 0.308. The molecule has 0 spiro atoms. The van der Waals surface area contributed by atoms with Crippen LogP contribution in [-0.4, -0.2) is 39.8 Å². The minimum atomic E-state index is -1.35. The molecule has 0 amide bonds. The molecule has 1 aliphatic rings. The van der Waals surface area contributed by atoms with Gasteiger partial charge in [-0.15, -0.1) is 0 Å². The molecule has 0 saturated carbocycles. The summed E-state index contributed by atoms with van der Waals surface area (Å²) < 4.78 is 32.7. The first-order valence-corrected chi connectivity index (χ1v) is 11.3. The van der Waals surface area contributed by atoms with Gasteiger partial charge in [-0.2, -0.15) is 8.96 Å². The summed E-state index contributed by atoms with van der Waals surface area (Å²) in [6, 6.07) is 15.6. The summed E-state index contributed by atoms with van der Waals surface area (Å²) in [6.07, 6.45) is -1.62. The lowest BCUT2D eigenvalue weighted by Gasteiger charge is -2.18. The first kappa shape index (κ1) is 25.2. The first-order valence-electron chi connectivity index (χ1n) is 11.3. The van der Waals surface area contributed by atoms with Crippen molar-refractivity contribution in [3.8, 4) is 0 Å². The van der Waals surface area contributed by atoms with Crippen molar-refractivity contribution in [2.75, 3.05) is 6.61 Å². The third kappa shape index (κ3) is 5.50. The van der Waals surface area contributed by atoms with Gasteiger partial charge in [0.25, 0.3) is 11.5 Å². The van der Waals surface area contributed by atoms with E-state index >= 15 is 0 Å². The van der Waals surface area contributed by atoms with E-state index in [0.29, 0.717) is 0 Å². The first-order chi connectivity index (χ1) is 17.2. The predicted octanol–water partition coefficient (Wildman–Crippen LogP) is 2.58. The highest BCUT2D eigenvalue weighted by Gasteiger charge is 2.39. The van der Waals surface area contributed by atoms with Gasteiger partial charge in [0, 0.05) is 18.9 Å². The van der Waals surface area contributed by atoms with E-state index in [-0.39, 0.29) is 29.8 Å². The summed E-state index contributed by atoms with van der Waals surface area (Å²) in [5.41, 5.74) is -0.707. The lowest BCUT2D eigenvalue weighted by atomic mass is 10.1. The van der Waals surface area contributed by atoms with Gasteiger partial charge in [-0.05, 0) is 24.6 Å². The van der Waals surface area contributed by atoms with E-state index in [1.54, 1.807) is 19.1 Å². The number of benzene rings is 2. The van der Waals surface area contributed by atoms with Crippen LogP contribution < -0.4 is 11.2 Å². The molecule has 0 radical (unpaired) electrons. The lowest BCUT2D eigenvalue weighted by molar-refractivity contribution is -0.148. The molecule has 4 rings (SSSR count). The Morgan fingerprint density at radius 3 is 2.56 bits per heavy atom. The number of rotatable bonds is 7. The van der Waals surface area contributed by atoms with Gasteiger partial charge in [0.05, 0.1) is 18.9 Å². The lowest BCUT2D eigenvalue weighted by Crippen LogP contribution is -2.46. The van der Waals surface area contributed by atoms with Crippen LogP contribution in [0.3, 0.4) is 0 Å². The highest BCUT2D eigenvalue weighted by atomic mass is 19.1. The number of hydrogen-bond acceptors (Lipinski definition) is 7. The van der Waals surface area contributed by atoms with Gasteiger partial charge in [-0.25, -0.2) is 4.79 Å². The zero-order valence-electron chi connectivity index (χ0n) is 19.8. The van der Waals surface area contributed by atoms with Crippen LogP contribution >= 0.6 is 0 Å².